The zero-order chi connectivity index (χ0) is 19.1. The first kappa shape index (κ1) is 18.3. The Morgan fingerprint density at radius 3 is 2.44 bits per heavy atom. The Morgan fingerprint density at radius 2 is 1.70 bits per heavy atom. The molecule has 4 rings (SSSR count). The fraction of sp³-hybridized carbons (Fsp3) is 0.273. The number of hydrogen-bond donors (Lipinski definition) is 1. The lowest BCUT2D eigenvalue weighted by Crippen LogP contribution is -2.38. The Kier molecular flexibility index (Phi) is 4.83. The zero-order valence-corrected chi connectivity index (χ0v) is 16.4. The molecule has 2 atom stereocenters. The molecule has 0 spiro atoms. The summed E-state index contributed by atoms with van der Waals surface area (Å²) >= 11 is 12.6. The number of carbonyl (C=O) groups excluding carboxylic acids is 2. The minimum atomic E-state index is -0.341. The lowest BCUT2D eigenvalue weighted by atomic mass is 9.73. The number of aryl methyl sites for hydroxylation is 1. The fourth-order valence-electron chi connectivity index (χ4n) is 4.09. The molecule has 3 nitrogen and oxygen atoms in total. The molecule has 2 aliphatic rings. The van der Waals surface area contributed by atoms with E-state index in [0.29, 0.717) is 28.5 Å². The van der Waals surface area contributed by atoms with E-state index in [2.05, 4.69) is 29.6 Å². The summed E-state index contributed by atoms with van der Waals surface area (Å²) in [6, 6.07) is 13.6. The maximum absolute atomic E-state index is 13.1. The second kappa shape index (κ2) is 7.14. The normalized spacial score (nSPS) is 22.5. The Morgan fingerprint density at radius 1 is 0.963 bits per heavy atom. The summed E-state index contributed by atoms with van der Waals surface area (Å²) in [5, 5.41) is 3.79. The summed E-state index contributed by atoms with van der Waals surface area (Å²) in [6.07, 6.45) is 1.29. The maximum Gasteiger partial charge on any atom is 0.225 e. The summed E-state index contributed by atoms with van der Waals surface area (Å²) in [6.45, 7) is 2.04. The molecule has 2 unspecified atom stereocenters. The van der Waals surface area contributed by atoms with Gasteiger partial charge in [0, 0.05) is 30.0 Å². The predicted molar refractivity (Wildman–Crippen MR) is 107 cm³/mol. The Labute approximate surface area is 168 Å². The third kappa shape index (κ3) is 3.42. The van der Waals surface area contributed by atoms with Gasteiger partial charge in [-0.15, -0.1) is 0 Å². The topological polar surface area (TPSA) is 46.2 Å². The quantitative estimate of drug-likeness (QED) is 0.743. The smallest absolute Gasteiger partial charge is 0.225 e. The number of amides is 1. The highest BCUT2D eigenvalue weighted by Crippen LogP contribution is 2.45. The molecule has 0 saturated carbocycles. The van der Waals surface area contributed by atoms with Gasteiger partial charge in [-0.2, -0.15) is 0 Å². The van der Waals surface area contributed by atoms with Gasteiger partial charge in [0.25, 0.3) is 0 Å². The minimum absolute atomic E-state index is 0.0721. The van der Waals surface area contributed by atoms with Crippen molar-refractivity contribution in [1.29, 1.82) is 0 Å². The number of rotatable bonds is 2. The molecular weight excluding hydrogens is 381 g/mol. The van der Waals surface area contributed by atoms with Crippen LogP contribution in [0.15, 0.2) is 53.7 Å². The first-order chi connectivity index (χ1) is 12.9. The molecule has 1 aliphatic carbocycles. The number of carbonyl (C=O) groups is 2. The molecule has 27 heavy (non-hydrogen) atoms. The molecule has 1 heterocycles. The molecule has 0 aromatic heterocycles. The van der Waals surface area contributed by atoms with Crippen molar-refractivity contribution in [3.8, 4) is 0 Å². The average molecular weight is 400 g/mol. The summed E-state index contributed by atoms with van der Waals surface area (Å²) in [4.78, 5) is 25.4. The molecular formula is C22H19Cl2NO2. The van der Waals surface area contributed by atoms with Crippen LogP contribution in [-0.4, -0.2) is 11.7 Å². The van der Waals surface area contributed by atoms with Gasteiger partial charge in [0.15, 0.2) is 5.78 Å². The molecule has 0 radical (unpaired) electrons. The SMILES string of the molecule is Cc1ccc(C2CC(=O)C3=C(C2)NC(=O)CC3c2cccc(Cl)c2Cl)cc1. The molecule has 5 heteroatoms. The predicted octanol–water partition coefficient (Wildman–Crippen LogP) is 5.31. The number of Topliss-reactive ketones (excluding diaryl/α,β-unsaturated/α-hetero) is 1. The van der Waals surface area contributed by atoms with Crippen LogP contribution in [0.5, 0.6) is 0 Å². The molecule has 1 amide bonds. The lowest BCUT2D eigenvalue weighted by Gasteiger charge is -2.34. The van der Waals surface area contributed by atoms with E-state index < -0.39 is 0 Å². The first-order valence-corrected chi connectivity index (χ1v) is 9.76. The van der Waals surface area contributed by atoms with E-state index in [-0.39, 0.29) is 29.9 Å². The summed E-state index contributed by atoms with van der Waals surface area (Å²) in [5.74, 6) is -0.285. The summed E-state index contributed by atoms with van der Waals surface area (Å²) in [7, 11) is 0. The van der Waals surface area contributed by atoms with Gasteiger partial charge in [0.2, 0.25) is 5.91 Å². The van der Waals surface area contributed by atoms with Gasteiger partial charge in [-0.3, -0.25) is 9.59 Å². The minimum Gasteiger partial charge on any atom is -0.329 e. The van der Waals surface area contributed by atoms with Crippen molar-refractivity contribution in [1.82, 2.24) is 5.32 Å². The third-order valence-electron chi connectivity index (χ3n) is 5.44. The van der Waals surface area contributed by atoms with Gasteiger partial charge in [0.05, 0.1) is 10.0 Å². The highest BCUT2D eigenvalue weighted by molar-refractivity contribution is 6.42. The third-order valence-corrected chi connectivity index (χ3v) is 6.28. The van der Waals surface area contributed by atoms with Crippen LogP contribution in [-0.2, 0) is 9.59 Å². The number of benzene rings is 2. The van der Waals surface area contributed by atoms with E-state index in [0.717, 1.165) is 16.8 Å². The number of hydrogen-bond acceptors (Lipinski definition) is 2. The van der Waals surface area contributed by atoms with Crippen molar-refractivity contribution in [2.45, 2.75) is 38.0 Å². The Balaban J connectivity index is 1.74. The van der Waals surface area contributed by atoms with Crippen molar-refractivity contribution in [3.63, 3.8) is 0 Å². The van der Waals surface area contributed by atoms with Gasteiger partial charge < -0.3 is 5.32 Å². The van der Waals surface area contributed by atoms with Crippen LogP contribution in [0.4, 0.5) is 0 Å². The van der Waals surface area contributed by atoms with E-state index >= 15 is 0 Å². The number of allylic oxidation sites excluding steroid dienone is 2. The molecule has 0 saturated heterocycles. The van der Waals surface area contributed by atoms with E-state index in [1.165, 1.54) is 5.56 Å². The molecule has 2 aromatic carbocycles. The fourth-order valence-corrected chi connectivity index (χ4v) is 4.53. The molecule has 138 valence electrons. The van der Waals surface area contributed by atoms with Crippen LogP contribution in [0.3, 0.4) is 0 Å². The average Bonchev–Trinajstić information content (AvgIpc) is 2.63. The standard InChI is InChI=1S/C22H19Cl2NO2/c1-12-5-7-13(8-6-12)14-9-18-21(19(26)10-14)16(11-20(27)25-18)15-3-2-4-17(23)22(15)24/h2-8,14,16H,9-11H2,1H3,(H,25,27). The van der Waals surface area contributed by atoms with Gasteiger partial charge in [-0.25, -0.2) is 0 Å². The number of nitrogens with one attached hydrogen (secondary N) is 1. The zero-order valence-electron chi connectivity index (χ0n) is 14.9. The van der Waals surface area contributed by atoms with Crippen molar-refractivity contribution in [3.05, 3.63) is 80.5 Å². The lowest BCUT2D eigenvalue weighted by molar-refractivity contribution is -0.122. The van der Waals surface area contributed by atoms with Crippen LogP contribution in [0.25, 0.3) is 0 Å². The Bertz CT molecular complexity index is 963. The number of halogens is 2. The van der Waals surface area contributed by atoms with Crippen LogP contribution in [0.2, 0.25) is 10.0 Å². The molecule has 0 fully saturated rings. The Hall–Kier alpha value is -2.10. The van der Waals surface area contributed by atoms with E-state index in [1.54, 1.807) is 12.1 Å². The second-order valence-corrected chi connectivity index (χ2v) is 8.06. The van der Waals surface area contributed by atoms with Gasteiger partial charge in [-0.05, 0) is 36.5 Å². The maximum atomic E-state index is 13.1. The van der Waals surface area contributed by atoms with E-state index in [4.69, 9.17) is 23.2 Å². The van der Waals surface area contributed by atoms with Crippen molar-refractivity contribution in [2.24, 2.45) is 0 Å². The van der Waals surface area contributed by atoms with Crippen molar-refractivity contribution >= 4 is 34.9 Å². The molecule has 2 aromatic rings. The largest absolute Gasteiger partial charge is 0.329 e. The highest BCUT2D eigenvalue weighted by Gasteiger charge is 2.39. The monoisotopic (exact) mass is 399 g/mol. The highest BCUT2D eigenvalue weighted by atomic mass is 35.5. The van der Waals surface area contributed by atoms with Crippen LogP contribution in [0, 0.1) is 6.92 Å². The molecule has 1 N–H and O–H groups in total. The molecule has 1 aliphatic heterocycles. The van der Waals surface area contributed by atoms with Crippen LogP contribution < -0.4 is 5.32 Å². The van der Waals surface area contributed by atoms with Crippen molar-refractivity contribution < 1.29 is 9.59 Å². The second-order valence-electron chi connectivity index (χ2n) is 7.28. The first-order valence-electron chi connectivity index (χ1n) is 9.00. The summed E-state index contributed by atoms with van der Waals surface area (Å²) in [5.41, 5.74) is 4.46. The van der Waals surface area contributed by atoms with E-state index in [9.17, 15) is 9.59 Å². The number of ketones is 1. The van der Waals surface area contributed by atoms with Crippen LogP contribution in [0.1, 0.15) is 47.8 Å². The molecule has 0 bridgehead atoms. The summed E-state index contributed by atoms with van der Waals surface area (Å²) < 4.78 is 0. The van der Waals surface area contributed by atoms with Gasteiger partial charge in [-0.1, -0.05) is 65.2 Å². The van der Waals surface area contributed by atoms with Gasteiger partial charge in [0.1, 0.15) is 0 Å². The van der Waals surface area contributed by atoms with Gasteiger partial charge >= 0.3 is 0 Å². The van der Waals surface area contributed by atoms with E-state index in [1.807, 2.05) is 13.0 Å². The van der Waals surface area contributed by atoms with Crippen molar-refractivity contribution in [2.75, 3.05) is 0 Å². The van der Waals surface area contributed by atoms with Crippen LogP contribution >= 0.6 is 23.2 Å².